The number of hydrogen-bond donors (Lipinski definition) is 2. The molecule has 0 aliphatic carbocycles. The van der Waals surface area contributed by atoms with Crippen molar-refractivity contribution < 1.29 is 24.3 Å². The van der Waals surface area contributed by atoms with Crippen LogP contribution in [-0.2, 0) is 16.1 Å². The maximum absolute atomic E-state index is 13.6. The third-order valence-corrected chi connectivity index (χ3v) is 5.60. The molecule has 7 heteroatoms. The average Bonchev–Trinajstić information content (AvgIpc) is 3.04. The minimum absolute atomic E-state index is 0.115. The molecule has 0 spiro atoms. The summed E-state index contributed by atoms with van der Waals surface area (Å²) in [5, 5.41) is 8.93. The summed E-state index contributed by atoms with van der Waals surface area (Å²) >= 11 is 0. The molecule has 2 bridgehead atoms. The van der Waals surface area contributed by atoms with Crippen molar-refractivity contribution in [2.24, 2.45) is 0 Å². The Bertz CT molecular complexity index is 1150. The zero-order valence-electron chi connectivity index (χ0n) is 16.6. The molecule has 2 aromatic rings. The number of rotatable bonds is 3. The van der Waals surface area contributed by atoms with Gasteiger partial charge >= 0.3 is 0 Å². The van der Waals surface area contributed by atoms with E-state index in [1.54, 1.807) is 40.7 Å². The van der Waals surface area contributed by atoms with Crippen LogP contribution < -0.4 is 10.2 Å². The van der Waals surface area contributed by atoms with Gasteiger partial charge in [-0.05, 0) is 35.9 Å². The quantitative estimate of drug-likeness (QED) is 0.592. The number of ether oxygens (including phenoxy) is 2. The second-order valence-electron chi connectivity index (χ2n) is 7.56. The standard InChI is InChI=1S/C24H20N2O5/c27-23(25-29)16-6-7-17-13-26(24(28)18-10-19-8-9-20(11-18)31-19)21(14-30-22(17)12-16)15-4-2-1-3-5-15/h1-8,10-12,21,29H,9,13-14H2,(H,25,27)/t21-/m1/s1. The van der Waals surface area contributed by atoms with E-state index < -0.39 is 5.91 Å². The van der Waals surface area contributed by atoms with Gasteiger partial charge < -0.3 is 14.4 Å². The van der Waals surface area contributed by atoms with Crippen LogP contribution in [-0.4, -0.2) is 28.5 Å². The molecule has 2 N–H and O–H groups in total. The lowest BCUT2D eigenvalue weighted by atomic mass is 10.0. The van der Waals surface area contributed by atoms with Gasteiger partial charge in [-0.3, -0.25) is 14.8 Å². The van der Waals surface area contributed by atoms with E-state index in [4.69, 9.17) is 14.7 Å². The Morgan fingerprint density at radius 2 is 1.94 bits per heavy atom. The first-order valence-electron chi connectivity index (χ1n) is 9.99. The van der Waals surface area contributed by atoms with E-state index in [1.807, 2.05) is 36.4 Å². The molecule has 156 valence electrons. The van der Waals surface area contributed by atoms with Crippen molar-refractivity contribution in [2.45, 2.75) is 19.0 Å². The normalized spacial score (nSPS) is 19.1. The zero-order valence-corrected chi connectivity index (χ0v) is 16.6. The molecule has 2 amide bonds. The number of carbonyl (C=O) groups excluding carboxylic acids is 2. The van der Waals surface area contributed by atoms with Crippen LogP contribution in [0.15, 0.2) is 83.9 Å². The highest BCUT2D eigenvalue weighted by Gasteiger charge is 2.33. The van der Waals surface area contributed by atoms with Crippen LogP contribution in [0, 0.1) is 0 Å². The van der Waals surface area contributed by atoms with Crippen molar-refractivity contribution in [3.05, 3.63) is 101 Å². The van der Waals surface area contributed by atoms with Gasteiger partial charge in [0.1, 0.15) is 23.9 Å². The molecule has 3 aliphatic rings. The summed E-state index contributed by atoms with van der Waals surface area (Å²) in [7, 11) is 0. The van der Waals surface area contributed by atoms with Gasteiger partial charge in [-0.1, -0.05) is 36.4 Å². The summed E-state index contributed by atoms with van der Waals surface area (Å²) in [5.74, 6) is 1.24. The van der Waals surface area contributed by atoms with Gasteiger partial charge in [0, 0.05) is 23.1 Å². The summed E-state index contributed by atoms with van der Waals surface area (Å²) in [6, 6.07) is 14.3. The van der Waals surface area contributed by atoms with Crippen molar-refractivity contribution in [2.75, 3.05) is 6.61 Å². The first kappa shape index (κ1) is 19.1. The van der Waals surface area contributed by atoms with E-state index in [9.17, 15) is 9.59 Å². The van der Waals surface area contributed by atoms with Crippen molar-refractivity contribution >= 4 is 11.8 Å². The predicted molar refractivity (Wildman–Crippen MR) is 111 cm³/mol. The topological polar surface area (TPSA) is 88.1 Å². The molecule has 0 aromatic heterocycles. The van der Waals surface area contributed by atoms with Crippen molar-refractivity contribution in [3.63, 3.8) is 0 Å². The third-order valence-electron chi connectivity index (χ3n) is 5.60. The Balaban J connectivity index is 1.53. The summed E-state index contributed by atoms with van der Waals surface area (Å²) in [6.07, 6.45) is 6.20. The fraction of sp³-hybridized carbons (Fsp3) is 0.167. The van der Waals surface area contributed by atoms with Crippen molar-refractivity contribution in [3.8, 4) is 5.75 Å². The molecule has 31 heavy (non-hydrogen) atoms. The minimum atomic E-state index is -0.620. The van der Waals surface area contributed by atoms with Gasteiger partial charge in [0.05, 0.1) is 12.6 Å². The Labute approximate surface area is 178 Å². The summed E-state index contributed by atoms with van der Waals surface area (Å²) < 4.78 is 11.6. The number of amides is 2. The number of benzene rings is 2. The first-order valence-corrected chi connectivity index (χ1v) is 9.99. The molecule has 0 fully saturated rings. The summed E-state index contributed by atoms with van der Waals surface area (Å²) in [6.45, 7) is 0.547. The molecule has 3 heterocycles. The van der Waals surface area contributed by atoms with Crippen LogP contribution in [0.1, 0.15) is 33.9 Å². The van der Waals surface area contributed by atoms with E-state index in [0.29, 0.717) is 30.0 Å². The molecule has 0 unspecified atom stereocenters. The molecular formula is C24H20N2O5. The molecule has 5 rings (SSSR count). The highest BCUT2D eigenvalue weighted by Crippen LogP contribution is 2.35. The van der Waals surface area contributed by atoms with Crippen molar-refractivity contribution in [1.82, 2.24) is 10.4 Å². The van der Waals surface area contributed by atoms with E-state index >= 15 is 0 Å². The third kappa shape index (κ3) is 3.60. The maximum Gasteiger partial charge on any atom is 0.274 e. The number of nitrogens with one attached hydrogen (secondary N) is 1. The molecule has 0 radical (unpaired) electrons. The number of fused-ring (bicyclic) bond motifs is 3. The molecule has 0 saturated heterocycles. The van der Waals surface area contributed by atoms with Crippen LogP contribution in [0.4, 0.5) is 0 Å². The van der Waals surface area contributed by atoms with E-state index in [2.05, 4.69) is 0 Å². The second kappa shape index (κ2) is 7.77. The van der Waals surface area contributed by atoms with Gasteiger partial charge in [0.15, 0.2) is 0 Å². The van der Waals surface area contributed by atoms with E-state index in [1.165, 1.54) is 0 Å². The monoisotopic (exact) mass is 416 g/mol. The molecule has 7 nitrogen and oxygen atoms in total. The van der Waals surface area contributed by atoms with E-state index in [0.717, 1.165) is 16.9 Å². The Kier molecular flexibility index (Phi) is 4.80. The largest absolute Gasteiger partial charge is 0.491 e. The molecule has 0 saturated carbocycles. The van der Waals surface area contributed by atoms with Gasteiger partial charge in [-0.25, -0.2) is 5.48 Å². The molecule has 2 aromatic carbocycles. The van der Waals surface area contributed by atoms with Crippen LogP contribution >= 0.6 is 0 Å². The zero-order chi connectivity index (χ0) is 21.4. The number of allylic oxidation sites excluding steroid dienone is 2. The lowest BCUT2D eigenvalue weighted by molar-refractivity contribution is -0.130. The number of hydroxylamine groups is 1. The lowest BCUT2D eigenvalue weighted by Crippen LogP contribution is -2.36. The van der Waals surface area contributed by atoms with Gasteiger partial charge in [-0.15, -0.1) is 0 Å². The highest BCUT2D eigenvalue weighted by atomic mass is 16.5. The first-order chi connectivity index (χ1) is 15.1. The van der Waals surface area contributed by atoms with Crippen LogP contribution in [0.5, 0.6) is 5.75 Å². The number of nitrogens with zero attached hydrogens (tertiary/aromatic N) is 1. The van der Waals surface area contributed by atoms with Crippen LogP contribution in [0.25, 0.3) is 0 Å². The molecular weight excluding hydrogens is 396 g/mol. The Hall–Kier alpha value is -3.84. The fourth-order valence-electron chi connectivity index (χ4n) is 4.01. The molecule has 1 atom stereocenters. The van der Waals surface area contributed by atoms with Crippen LogP contribution in [0.2, 0.25) is 0 Å². The highest BCUT2D eigenvalue weighted by molar-refractivity contribution is 5.97. The smallest absolute Gasteiger partial charge is 0.274 e. The van der Waals surface area contributed by atoms with Crippen molar-refractivity contribution in [1.29, 1.82) is 0 Å². The predicted octanol–water partition coefficient (Wildman–Crippen LogP) is 3.40. The van der Waals surface area contributed by atoms with Gasteiger partial charge in [-0.2, -0.15) is 0 Å². The van der Waals surface area contributed by atoms with E-state index in [-0.39, 0.29) is 24.1 Å². The number of carbonyl (C=O) groups is 2. The Morgan fingerprint density at radius 1 is 1.10 bits per heavy atom. The van der Waals surface area contributed by atoms with Gasteiger partial charge in [0.25, 0.3) is 11.8 Å². The fourth-order valence-corrected chi connectivity index (χ4v) is 4.01. The SMILES string of the molecule is O=C(NO)c1ccc2c(c1)OC[C@H](c1ccccc1)N(C(=O)C1=CC3=CCC(=C1)O3)C2. The van der Waals surface area contributed by atoms with Crippen LogP contribution in [0.3, 0.4) is 0 Å². The number of hydrogen-bond acceptors (Lipinski definition) is 5. The summed E-state index contributed by atoms with van der Waals surface area (Å²) in [5.41, 5.74) is 4.22. The maximum atomic E-state index is 13.6. The molecule has 3 aliphatic heterocycles. The minimum Gasteiger partial charge on any atom is -0.491 e. The second-order valence-corrected chi connectivity index (χ2v) is 7.56. The Morgan fingerprint density at radius 3 is 2.71 bits per heavy atom. The lowest BCUT2D eigenvalue weighted by Gasteiger charge is -2.30. The average molecular weight is 416 g/mol. The van der Waals surface area contributed by atoms with Gasteiger partial charge in [0.2, 0.25) is 0 Å². The summed E-state index contributed by atoms with van der Waals surface area (Å²) in [4.78, 5) is 27.2.